The lowest BCUT2D eigenvalue weighted by atomic mass is 10.0. The van der Waals surface area contributed by atoms with Gasteiger partial charge in [0, 0.05) is 43.7 Å². The van der Waals surface area contributed by atoms with Crippen LogP contribution in [0.4, 0.5) is 0 Å². The number of likely N-dealkylation sites (tertiary alicyclic amines) is 1. The lowest BCUT2D eigenvalue weighted by Crippen LogP contribution is -2.59. The van der Waals surface area contributed by atoms with E-state index < -0.39 is 85.5 Å². The van der Waals surface area contributed by atoms with Crippen LogP contribution in [0.5, 0.6) is 0 Å². The highest BCUT2D eigenvalue weighted by atomic mass is 32.1. The fraction of sp³-hybridized carbons (Fsp3) is 0.738. The van der Waals surface area contributed by atoms with Gasteiger partial charge >= 0.3 is 7.60 Å². The minimum atomic E-state index is -4.59. The molecular formula is C61H105N10O18PS. The lowest BCUT2D eigenvalue weighted by molar-refractivity contribution is -0.140. The molecule has 0 spiro atoms. The molecule has 1 aromatic heterocycles. The molecule has 0 aliphatic carbocycles. The quantitative estimate of drug-likeness (QED) is 0.0253. The molecule has 28 nitrogen and oxygen atoms in total. The molecule has 518 valence electrons. The third-order valence-electron chi connectivity index (χ3n) is 14.6. The third kappa shape index (κ3) is 36.2. The summed E-state index contributed by atoms with van der Waals surface area (Å²) in [5.41, 5.74) is 13.0. The van der Waals surface area contributed by atoms with Crippen molar-refractivity contribution in [1.29, 1.82) is 0 Å². The second-order valence-electron chi connectivity index (χ2n) is 22.8. The molecule has 30 heteroatoms. The van der Waals surface area contributed by atoms with Gasteiger partial charge in [0.25, 0.3) is 0 Å². The first-order valence-corrected chi connectivity index (χ1v) is 34.3. The number of thiol groups is 1. The summed E-state index contributed by atoms with van der Waals surface area (Å²) in [6.07, 6.45) is 10.8. The molecule has 0 bridgehead atoms. The van der Waals surface area contributed by atoms with E-state index in [0.717, 1.165) is 44.9 Å². The molecule has 0 saturated carbocycles. The van der Waals surface area contributed by atoms with Gasteiger partial charge in [0.05, 0.1) is 131 Å². The van der Waals surface area contributed by atoms with Crippen molar-refractivity contribution < 1.29 is 85.8 Å². The number of benzene rings is 1. The summed E-state index contributed by atoms with van der Waals surface area (Å²) >= 11 is 3.99. The number of amides is 7. The molecule has 0 unspecified atom stereocenters. The maximum absolute atomic E-state index is 14.4. The van der Waals surface area contributed by atoms with Crippen molar-refractivity contribution in [2.75, 3.05) is 131 Å². The first-order valence-electron chi connectivity index (χ1n) is 31.8. The molecule has 1 fully saturated rings. The van der Waals surface area contributed by atoms with E-state index in [0.29, 0.717) is 124 Å². The van der Waals surface area contributed by atoms with Crippen molar-refractivity contribution in [3.05, 3.63) is 54.1 Å². The zero-order valence-corrected chi connectivity index (χ0v) is 55.6. The van der Waals surface area contributed by atoms with E-state index in [1.54, 1.807) is 12.5 Å². The van der Waals surface area contributed by atoms with Gasteiger partial charge in [0.15, 0.2) is 0 Å². The highest BCUT2D eigenvalue weighted by Crippen LogP contribution is 2.37. The normalized spacial score (nSPS) is 15.4. The van der Waals surface area contributed by atoms with Gasteiger partial charge in [-0.1, -0.05) is 76.8 Å². The monoisotopic (exact) mass is 1330 g/mol. The Bertz CT molecular complexity index is 2430. The van der Waals surface area contributed by atoms with Crippen LogP contribution in [-0.4, -0.2) is 233 Å². The maximum Gasteiger partial charge on any atom is 0.325 e. The lowest BCUT2D eigenvalue weighted by Gasteiger charge is -2.29. The van der Waals surface area contributed by atoms with E-state index in [1.807, 2.05) is 24.5 Å². The van der Waals surface area contributed by atoms with Gasteiger partial charge in [-0.3, -0.25) is 38.1 Å². The van der Waals surface area contributed by atoms with Crippen LogP contribution in [0.2, 0.25) is 0 Å². The number of nitrogens with one attached hydrogen (secondary N) is 5. The number of aryl methyl sites for hydroxylation is 2. The third-order valence-corrected chi connectivity index (χ3v) is 16.1. The summed E-state index contributed by atoms with van der Waals surface area (Å²) in [6, 6.07) is 3.70. The number of hydrogen-bond donors (Lipinski definition) is 10. The molecule has 2 aromatic rings. The van der Waals surface area contributed by atoms with Crippen LogP contribution in [0.25, 0.3) is 0 Å². The van der Waals surface area contributed by atoms with E-state index >= 15 is 0 Å². The summed E-state index contributed by atoms with van der Waals surface area (Å²) < 4.78 is 57.8. The average Bonchev–Trinajstić information content (AvgIpc) is 2.07. The Morgan fingerprint density at radius 2 is 1.20 bits per heavy atom. The molecule has 1 saturated heterocycles. The van der Waals surface area contributed by atoms with E-state index in [2.05, 4.69) is 68.5 Å². The number of primary amides is 1. The molecule has 1 aliphatic heterocycles. The molecule has 7 amide bonds. The van der Waals surface area contributed by atoms with Gasteiger partial charge in [-0.2, -0.15) is 12.6 Å². The fourth-order valence-corrected chi connectivity index (χ4v) is 10.8. The Hall–Kier alpha value is -5.14. The van der Waals surface area contributed by atoms with Gasteiger partial charge in [-0.15, -0.1) is 0 Å². The van der Waals surface area contributed by atoms with E-state index in [1.165, 1.54) is 24.3 Å². The maximum atomic E-state index is 14.4. The molecule has 3 rings (SSSR count). The Balaban J connectivity index is 1.40. The Morgan fingerprint density at radius 1 is 0.670 bits per heavy atom. The Labute approximate surface area is 542 Å². The highest BCUT2D eigenvalue weighted by molar-refractivity contribution is 7.80. The van der Waals surface area contributed by atoms with Crippen LogP contribution in [-0.2, 0) is 95.4 Å². The number of imidazole rings is 1. The molecule has 2 heterocycles. The number of unbranched alkanes of at least 4 members (excludes halogenated alkanes) is 5. The van der Waals surface area contributed by atoms with E-state index in [-0.39, 0.29) is 62.6 Å². The molecule has 0 radical (unpaired) electrons. The molecule has 7 atom stereocenters. The molecular weight excluding hydrogens is 1220 g/mol. The fourth-order valence-electron chi connectivity index (χ4n) is 9.72. The molecule has 91 heavy (non-hydrogen) atoms. The van der Waals surface area contributed by atoms with Crippen LogP contribution in [0.1, 0.15) is 103 Å². The number of hydrogen-bond acceptors (Lipinski definition) is 19. The largest absolute Gasteiger partial charge is 0.379 e. The van der Waals surface area contributed by atoms with Gasteiger partial charge in [0.1, 0.15) is 30.2 Å². The summed E-state index contributed by atoms with van der Waals surface area (Å²) in [5.74, 6) is -5.28. The minimum absolute atomic E-state index is 0.0174. The number of aromatic nitrogens is 2. The number of nitrogens with two attached hydrogens (primary N) is 2. The predicted octanol–water partition coefficient (Wildman–Crippen LogP) is 1.20. The first kappa shape index (κ1) is 80.1. The number of carbonyl (C=O) groups is 7. The zero-order valence-electron chi connectivity index (χ0n) is 53.8. The summed E-state index contributed by atoms with van der Waals surface area (Å²) in [6.45, 7) is 13.5. The predicted molar refractivity (Wildman–Crippen MR) is 343 cm³/mol. The molecule has 1 aromatic carbocycles. The van der Waals surface area contributed by atoms with Crippen molar-refractivity contribution in [2.24, 2.45) is 23.3 Å². The van der Waals surface area contributed by atoms with Gasteiger partial charge in [-0.05, 0) is 62.8 Å². The summed E-state index contributed by atoms with van der Waals surface area (Å²) in [4.78, 5) is 118. The highest BCUT2D eigenvalue weighted by Gasteiger charge is 2.38. The number of nitrogens with zero attached hydrogens (tertiary/aromatic N) is 3. The van der Waals surface area contributed by atoms with E-state index in [4.69, 9.17) is 49.4 Å². The summed E-state index contributed by atoms with van der Waals surface area (Å²) in [5, 5.41) is 13.4. The number of carbonyl (C=O) groups excluding carboxylic acids is 7. The van der Waals surface area contributed by atoms with Gasteiger partial charge < -0.3 is 95.2 Å². The smallest absolute Gasteiger partial charge is 0.325 e. The van der Waals surface area contributed by atoms with Crippen LogP contribution in [0.3, 0.4) is 0 Å². The van der Waals surface area contributed by atoms with Crippen molar-refractivity contribution in [3.8, 4) is 0 Å². The van der Waals surface area contributed by atoms with Gasteiger partial charge in [0.2, 0.25) is 41.4 Å². The summed E-state index contributed by atoms with van der Waals surface area (Å²) in [7, 11) is -4.59. The van der Waals surface area contributed by atoms with Gasteiger partial charge in [-0.25, -0.2) is 4.98 Å². The molecule has 1 aliphatic rings. The van der Waals surface area contributed by atoms with Crippen LogP contribution in [0.15, 0.2) is 42.9 Å². The van der Waals surface area contributed by atoms with Crippen molar-refractivity contribution >= 4 is 61.6 Å². The van der Waals surface area contributed by atoms with Crippen LogP contribution in [0, 0.1) is 11.8 Å². The van der Waals surface area contributed by atoms with E-state index in [9.17, 15) is 47.9 Å². The minimum Gasteiger partial charge on any atom is -0.379 e. The number of rotatable bonds is 54. The molecule has 11 N–H and O–H groups in total. The average molecular weight is 1330 g/mol. The van der Waals surface area contributed by atoms with Crippen LogP contribution >= 0.6 is 20.2 Å². The Morgan fingerprint density at radius 3 is 1.74 bits per heavy atom. The van der Waals surface area contributed by atoms with Crippen LogP contribution < -0.4 is 38.1 Å². The standard InChI is InChI=1S/C61H105N10O18PS/c1-45(2)39-51(68-61(78)53-18-14-22-71(53)54(72)19-23-82-25-27-84-29-31-86-33-35-88-37-38-89-36-34-87-32-30-85-28-26-83-24-20-65-58(75)50(62)43-91)60(77)67-52(59(76)66-47(4)57(74)69-55(56(63)73)46(3)42-90(79,80)81)40-49-41-64-44-70(49)21-13-8-6-5-7-10-15-48-16-11-9-12-17-48/h9,11-12,16-17,41,44-47,50-53,55,91H,5-8,10,13-15,18-40,42-43,62H2,1-4H3,(H2,63,73)(H,65,75)(H,66,76)(H,67,77)(H,68,78)(H,69,74)(H2,79,80,81)/t46-,47-,50-,51-,52-,53-,55-/m0/s1. The topological polar surface area (TPSA) is 384 Å². The first-order chi connectivity index (χ1) is 43.7. The Kier molecular flexibility index (Phi) is 42.0. The number of ether oxygens (including phenoxy) is 8. The van der Waals surface area contributed by atoms with Crippen molar-refractivity contribution in [1.82, 2.24) is 41.0 Å². The van der Waals surface area contributed by atoms with Crippen molar-refractivity contribution in [2.45, 2.75) is 148 Å². The zero-order chi connectivity index (χ0) is 66.7. The second kappa shape index (κ2) is 47.7. The second-order valence-corrected chi connectivity index (χ2v) is 24.9. The van der Waals surface area contributed by atoms with Crippen molar-refractivity contribution in [3.63, 3.8) is 0 Å². The SMILES string of the molecule is CC(C)C[C@H](NC(=O)[C@@H]1CCCN1C(=O)CCOCCOCCOCCOCCOCCOCCOCCOCCNC(=O)[C@@H](N)CS)C(=O)N[C@@H](Cc1cncn1CCCCCCCCc1ccccc1)C(=O)N[C@@H](C)C(=O)N[C@H](C(N)=O)[C@@H](C)CP(=O)(O)O.